The van der Waals surface area contributed by atoms with Crippen molar-refractivity contribution in [1.82, 2.24) is 24.1 Å². The molecule has 0 radical (unpaired) electrons. The Bertz CT molecular complexity index is 1390. The van der Waals surface area contributed by atoms with Gasteiger partial charge < -0.3 is 0 Å². The average Bonchev–Trinajstić information content (AvgIpc) is 3.52. The minimum Gasteiger partial charge on any atom is -0.295 e. The maximum atomic E-state index is 13.1. The largest absolute Gasteiger partial charge is 0.295 e. The lowest BCUT2D eigenvalue weighted by molar-refractivity contribution is 0.101. The van der Waals surface area contributed by atoms with E-state index in [-0.39, 0.29) is 5.91 Å². The average molecular weight is 481 g/mol. The fraction of sp³-hybridized carbons (Fsp3) is 0.150. The van der Waals surface area contributed by atoms with Crippen LogP contribution in [-0.2, 0) is 7.05 Å². The number of hydrogen-bond acceptors (Lipinski definition) is 10. The summed E-state index contributed by atoms with van der Waals surface area (Å²) < 4.78 is 5.95. The highest BCUT2D eigenvalue weighted by Crippen LogP contribution is 2.34. The van der Waals surface area contributed by atoms with Crippen molar-refractivity contribution in [3.8, 4) is 0 Å². The zero-order valence-electron chi connectivity index (χ0n) is 17.0. The lowest BCUT2D eigenvalue weighted by atomic mass is 10.2. The Hall–Kier alpha value is -3.09. The van der Waals surface area contributed by atoms with Crippen molar-refractivity contribution in [3.63, 3.8) is 0 Å². The van der Waals surface area contributed by atoms with Crippen molar-refractivity contribution in [3.05, 3.63) is 48.0 Å². The molecular formula is C20H16N8OS3. The van der Waals surface area contributed by atoms with Gasteiger partial charge in [0.05, 0.1) is 11.7 Å². The minimum absolute atomic E-state index is 0.318. The molecule has 1 aromatic carbocycles. The predicted molar refractivity (Wildman–Crippen MR) is 128 cm³/mol. The van der Waals surface area contributed by atoms with Crippen LogP contribution in [0.1, 0.15) is 22.7 Å². The van der Waals surface area contributed by atoms with Crippen LogP contribution < -0.4 is 5.32 Å². The van der Waals surface area contributed by atoms with E-state index in [4.69, 9.17) is 0 Å². The van der Waals surface area contributed by atoms with Gasteiger partial charge in [0.25, 0.3) is 5.91 Å². The molecule has 0 bridgehead atoms. The summed E-state index contributed by atoms with van der Waals surface area (Å²) in [5, 5.41) is 18.1. The van der Waals surface area contributed by atoms with Crippen LogP contribution in [0.15, 0.2) is 61.5 Å². The second-order valence-corrected chi connectivity index (χ2v) is 9.75. The minimum atomic E-state index is -0.335. The van der Waals surface area contributed by atoms with E-state index in [9.17, 15) is 4.79 Å². The molecule has 1 N–H and O–H groups in total. The number of thioether (sulfide) groups is 1. The zero-order chi connectivity index (χ0) is 22.1. The number of aryl methyl sites for hydroxylation is 2. The van der Waals surface area contributed by atoms with Gasteiger partial charge in [-0.2, -0.15) is 14.6 Å². The van der Waals surface area contributed by atoms with E-state index in [1.54, 1.807) is 13.1 Å². The number of carbonyl (C=O) groups excluding carboxylic acids is 1. The summed E-state index contributed by atoms with van der Waals surface area (Å²) >= 11 is 4.02. The molecule has 4 aromatic rings. The number of carbonyl (C=O) groups is 1. The lowest BCUT2D eigenvalue weighted by Gasteiger charge is -2.10. The Morgan fingerprint density at radius 3 is 2.88 bits per heavy atom. The molecule has 0 saturated heterocycles. The first kappa shape index (κ1) is 20.8. The highest BCUT2D eigenvalue weighted by molar-refractivity contribution is 8.14. The fourth-order valence-corrected chi connectivity index (χ4v) is 5.29. The van der Waals surface area contributed by atoms with Gasteiger partial charge in [-0.1, -0.05) is 23.5 Å². The molecule has 0 atom stereocenters. The number of nitrogens with zero attached hydrogens (tertiary/aromatic N) is 7. The standard InChI is InChI=1S/C20H16N8OS3/c1-11-23-20(32-27-11)25-19(29)18-15(5-6-16(24-18)31-17-7-8-21-26-17)30-13-3-4-14-12(9-13)10-22-28(14)2/h3-6,8-10H,7H2,1-2H3,(H,23,25,27,29). The Balaban J connectivity index is 1.46. The first-order chi connectivity index (χ1) is 15.5. The van der Waals surface area contributed by atoms with Crippen LogP contribution in [0.5, 0.6) is 0 Å². The number of aromatic nitrogens is 5. The number of rotatable bonds is 5. The van der Waals surface area contributed by atoms with Crippen LogP contribution >= 0.6 is 35.1 Å². The highest BCUT2D eigenvalue weighted by atomic mass is 32.2. The molecule has 0 fully saturated rings. The molecule has 3 aromatic heterocycles. The number of hydrogen-bond donors (Lipinski definition) is 1. The second kappa shape index (κ2) is 8.81. The maximum Gasteiger partial charge on any atom is 0.277 e. The third kappa shape index (κ3) is 4.42. The second-order valence-electron chi connectivity index (χ2n) is 6.79. The van der Waals surface area contributed by atoms with Gasteiger partial charge in [-0.15, -0.1) is 5.10 Å². The molecule has 0 saturated carbocycles. The molecule has 9 nitrogen and oxygen atoms in total. The number of fused-ring (bicyclic) bond motifs is 1. The van der Waals surface area contributed by atoms with E-state index < -0.39 is 0 Å². The molecule has 12 heteroatoms. The molecule has 0 unspecified atom stereocenters. The van der Waals surface area contributed by atoms with E-state index >= 15 is 0 Å². The van der Waals surface area contributed by atoms with Gasteiger partial charge in [0.15, 0.2) is 0 Å². The van der Waals surface area contributed by atoms with Gasteiger partial charge in [-0.05, 0) is 37.3 Å². The third-order valence-corrected chi connectivity index (χ3v) is 7.16. The molecule has 1 aliphatic heterocycles. The van der Waals surface area contributed by atoms with Gasteiger partial charge in [0.2, 0.25) is 5.13 Å². The van der Waals surface area contributed by atoms with Crippen molar-refractivity contribution in [2.75, 3.05) is 5.32 Å². The summed E-state index contributed by atoms with van der Waals surface area (Å²) in [6, 6.07) is 9.88. The molecule has 1 aliphatic rings. The Morgan fingerprint density at radius 2 is 2.09 bits per heavy atom. The van der Waals surface area contributed by atoms with Gasteiger partial charge in [0, 0.05) is 46.4 Å². The van der Waals surface area contributed by atoms with Crippen molar-refractivity contribution >= 4 is 68.3 Å². The van der Waals surface area contributed by atoms with Crippen LogP contribution in [0.2, 0.25) is 0 Å². The molecule has 0 spiro atoms. The van der Waals surface area contributed by atoms with E-state index in [1.807, 2.05) is 42.2 Å². The maximum absolute atomic E-state index is 13.1. The predicted octanol–water partition coefficient (Wildman–Crippen LogP) is 4.41. The van der Waals surface area contributed by atoms with E-state index in [0.29, 0.717) is 28.1 Å². The van der Waals surface area contributed by atoms with Crippen LogP contribution in [0.4, 0.5) is 5.13 Å². The summed E-state index contributed by atoms with van der Waals surface area (Å²) in [5.74, 6) is 0.277. The Kier molecular flexibility index (Phi) is 5.72. The van der Waals surface area contributed by atoms with Gasteiger partial charge in [0.1, 0.15) is 21.6 Å². The Morgan fingerprint density at radius 1 is 1.19 bits per heavy atom. The van der Waals surface area contributed by atoms with E-state index in [0.717, 1.165) is 37.3 Å². The van der Waals surface area contributed by atoms with E-state index in [1.165, 1.54) is 23.5 Å². The number of nitrogens with one attached hydrogen (secondary N) is 1. The smallest absolute Gasteiger partial charge is 0.277 e. The van der Waals surface area contributed by atoms with E-state index in [2.05, 4.69) is 41.0 Å². The SMILES string of the molecule is Cc1nsc(NC(=O)c2nc(SC3=NN=CC3)ccc2Sc2ccc3c(cnn3C)c2)n1. The number of pyridine rings is 1. The first-order valence-corrected chi connectivity index (χ1v) is 11.9. The zero-order valence-corrected chi connectivity index (χ0v) is 19.5. The van der Waals surface area contributed by atoms with Gasteiger partial charge in [-0.25, -0.2) is 9.97 Å². The highest BCUT2D eigenvalue weighted by Gasteiger charge is 2.19. The summed E-state index contributed by atoms with van der Waals surface area (Å²) in [7, 11) is 1.91. The quantitative estimate of drug-likeness (QED) is 0.450. The molecule has 0 aliphatic carbocycles. The Labute approximate surface area is 195 Å². The summed E-state index contributed by atoms with van der Waals surface area (Å²) in [4.78, 5) is 23.7. The molecule has 160 valence electrons. The molecular weight excluding hydrogens is 464 g/mol. The monoisotopic (exact) mass is 480 g/mol. The van der Waals surface area contributed by atoms with Crippen molar-refractivity contribution in [2.45, 2.75) is 28.2 Å². The number of amides is 1. The van der Waals surface area contributed by atoms with Crippen molar-refractivity contribution in [2.24, 2.45) is 17.3 Å². The van der Waals surface area contributed by atoms with Crippen LogP contribution in [-0.4, -0.2) is 41.3 Å². The van der Waals surface area contributed by atoms with Crippen LogP contribution in [0, 0.1) is 6.92 Å². The number of benzene rings is 1. The first-order valence-electron chi connectivity index (χ1n) is 9.54. The normalized spacial score (nSPS) is 13.0. The fourth-order valence-electron chi connectivity index (χ4n) is 3.01. The van der Waals surface area contributed by atoms with Gasteiger partial charge in [-0.3, -0.25) is 14.8 Å². The molecule has 1 amide bonds. The summed E-state index contributed by atoms with van der Waals surface area (Å²) in [5.41, 5.74) is 1.36. The topological polar surface area (TPSA) is 110 Å². The summed E-state index contributed by atoms with van der Waals surface area (Å²) in [6.07, 6.45) is 4.24. The van der Waals surface area contributed by atoms with Crippen LogP contribution in [0.25, 0.3) is 10.9 Å². The van der Waals surface area contributed by atoms with Crippen molar-refractivity contribution in [1.29, 1.82) is 0 Å². The lowest BCUT2D eigenvalue weighted by Crippen LogP contribution is -2.15. The van der Waals surface area contributed by atoms with Gasteiger partial charge >= 0.3 is 0 Å². The molecule has 32 heavy (non-hydrogen) atoms. The van der Waals surface area contributed by atoms with Crippen LogP contribution in [0.3, 0.4) is 0 Å². The number of anilines is 1. The molecule has 4 heterocycles. The molecule has 5 rings (SSSR count). The summed E-state index contributed by atoms with van der Waals surface area (Å²) in [6.45, 7) is 1.78. The van der Waals surface area contributed by atoms with Crippen molar-refractivity contribution < 1.29 is 4.79 Å². The third-order valence-electron chi connectivity index (χ3n) is 4.48.